The van der Waals surface area contributed by atoms with E-state index < -0.39 is 5.67 Å². The molecule has 0 amide bonds. The number of rotatable bonds is 7. The van der Waals surface area contributed by atoms with Crippen LogP contribution in [0.25, 0.3) is 10.9 Å². The number of nitrogens with zero attached hydrogens (tertiary/aromatic N) is 2. The number of likely N-dealkylation sites (tertiary alicyclic amines) is 1. The molecule has 1 aromatic carbocycles. The summed E-state index contributed by atoms with van der Waals surface area (Å²) in [7, 11) is 0. The van der Waals surface area contributed by atoms with Crippen molar-refractivity contribution < 1.29 is 13.5 Å². The number of nitrogens with one attached hydrogen (secondary N) is 1. The molecule has 3 atom stereocenters. The molecule has 0 aliphatic carbocycles. The Labute approximate surface area is 198 Å². The smallest absolute Gasteiger partial charge is 0.174 e. The summed E-state index contributed by atoms with van der Waals surface area (Å²) in [5.41, 5.74) is 2.34. The molecule has 3 aromatic rings. The van der Waals surface area contributed by atoms with Gasteiger partial charge in [-0.1, -0.05) is 18.2 Å². The summed E-state index contributed by atoms with van der Waals surface area (Å²) in [6.45, 7) is 7.69. The van der Waals surface area contributed by atoms with Gasteiger partial charge in [0.25, 0.3) is 0 Å². The molecular formula is C26H33F2N3OS. The predicted octanol–water partition coefficient (Wildman–Crippen LogP) is 5.74. The zero-order valence-electron chi connectivity index (χ0n) is 19.6. The molecule has 7 heteroatoms. The van der Waals surface area contributed by atoms with Gasteiger partial charge >= 0.3 is 0 Å². The summed E-state index contributed by atoms with van der Waals surface area (Å²) in [5.74, 6) is 0. The topological polar surface area (TPSA) is 31.5 Å². The molecule has 1 fully saturated rings. The van der Waals surface area contributed by atoms with Crippen LogP contribution in [0.15, 0.2) is 36.4 Å². The second-order valence-corrected chi connectivity index (χ2v) is 11.2. The SMILES string of the molecule is C[C@@H]1Cc2c([nH]c3ccccc23)[C@@H](c2ccc(O[C@@H]3CCN(CCF)C3)s2)N1CC(C)(C)F. The molecule has 2 aromatic heterocycles. The lowest BCUT2D eigenvalue weighted by Crippen LogP contribution is -2.47. The minimum absolute atomic E-state index is 0.0415. The van der Waals surface area contributed by atoms with Crippen LogP contribution in [0.2, 0.25) is 0 Å². The summed E-state index contributed by atoms with van der Waals surface area (Å²) >= 11 is 1.65. The third-order valence-corrected chi connectivity index (χ3v) is 7.89. The first-order valence-electron chi connectivity index (χ1n) is 11.9. The van der Waals surface area contributed by atoms with Gasteiger partial charge in [0.2, 0.25) is 0 Å². The number of aromatic amines is 1. The molecule has 0 unspecified atom stereocenters. The first kappa shape index (κ1) is 22.8. The van der Waals surface area contributed by atoms with Crippen molar-refractivity contribution in [2.24, 2.45) is 0 Å². The van der Waals surface area contributed by atoms with Crippen LogP contribution in [0, 0.1) is 0 Å². The average molecular weight is 474 g/mol. The number of alkyl halides is 2. The number of halogens is 2. The number of hydrogen-bond donors (Lipinski definition) is 1. The van der Waals surface area contributed by atoms with E-state index in [-0.39, 0.29) is 24.9 Å². The third kappa shape index (κ3) is 4.68. The number of thiophene rings is 1. The van der Waals surface area contributed by atoms with Gasteiger partial charge in [0, 0.05) is 53.7 Å². The first-order chi connectivity index (χ1) is 15.8. The fourth-order valence-electron chi connectivity index (χ4n) is 5.42. The van der Waals surface area contributed by atoms with Crippen LogP contribution in [0.1, 0.15) is 49.4 Å². The number of ether oxygens (including phenoxy) is 1. The second-order valence-electron chi connectivity index (χ2n) is 10.1. The summed E-state index contributed by atoms with van der Waals surface area (Å²) in [5, 5.41) is 2.14. The van der Waals surface area contributed by atoms with Crippen LogP contribution in [-0.4, -0.2) is 65.5 Å². The summed E-state index contributed by atoms with van der Waals surface area (Å²) in [4.78, 5) is 9.23. The van der Waals surface area contributed by atoms with E-state index in [4.69, 9.17) is 4.74 Å². The Bertz CT molecular complexity index is 1100. The van der Waals surface area contributed by atoms with E-state index in [9.17, 15) is 8.78 Å². The molecule has 5 rings (SSSR count). The first-order valence-corrected chi connectivity index (χ1v) is 12.7. The Kier molecular flexibility index (Phi) is 6.23. The molecule has 4 nitrogen and oxygen atoms in total. The van der Waals surface area contributed by atoms with Crippen LogP contribution >= 0.6 is 11.3 Å². The van der Waals surface area contributed by atoms with Crippen LogP contribution in [0.5, 0.6) is 5.06 Å². The highest BCUT2D eigenvalue weighted by Gasteiger charge is 2.39. The quantitative estimate of drug-likeness (QED) is 0.475. The fourth-order valence-corrected chi connectivity index (χ4v) is 6.47. The third-order valence-electron chi connectivity index (χ3n) is 6.86. The maximum absolute atomic E-state index is 14.9. The molecule has 0 bridgehead atoms. The van der Waals surface area contributed by atoms with Gasteiger partial charge < -0.3 is 9.72 Å². The maximum atomic E-state index is 14.9. The van der Waals surface area contributed by atoms with Crippen molar-refractivity contribution >= 4 is 22.2 Å². The molecule has 178 valence electrons. The van der Waals surface area contributed by atoms with Gasteiger partial charge in [-0.3, -0.25) is 9.80 Å². The van der Waals surface area contributed by atoms with Crippen molar-refractivity contribution in [1.29, 1.82) is 0 Å². The van der Waals surface area contributed by atoms with Crippen molar-refractivity contribution in [1.82, 2.24) is 14.8 Å². The number of fused-ring (bicyclic) bond motifs is 3. The molecular weight excluding hydrogens is 440 g/mol. The Morgan fingerprint density at radius 1 is 1.21 bits per heavy atom. The molecule has 0 radical (unpaired) electrons. The molecule has 4 heterocycles. The Balaban J connectivity index is 1.47. The number of para-hydroxylation sites is 1. The van der Waals surface area contributed by atoms with Gasteiger partial charge in [-0.05, 0) is 57.4 Å². The Hall–Kier alpha value is -1.96. The normalized spacial score (nSPS) is 24.5. The van der Waals surface area contributed by atoms with Crippen molar-refractivity contribution in [3.63, 3.8) is 0 Å². The molecule has 33 heavy (non-hydrogen) atoms. The van der Waals surface area contributed by atoms with Crippen molar-refractivity contribution in [2.75, 3.05) is 32.9 Å². The Morgan fingerprint density at radius 2 is 2.03 bits per heavy atom. The van der Waals surface area contributed by atoms with Gasteiger partial charge in [-0.15, -0.1) is 11.3 Å². The van der Waals surface area contributed by atoms with Crippen LogP contribution in [0.3, 0.4) is 0 Å². The van der Waals surface area contributed by atoms with Crippen molar-refractivity contribution in [2.45, 2.75) is 57.5 Å². The van der Waals surface area contributed by atoms with E-state index >= 15 is 0 Å². The molecule has 0 spiro atoms. The van der Waals surface area contributed by atoms with Crippen molar-refractivity contribution in [3.05, 3.63) is 52.5 Å². The zero-order valence-corrected chi connectivity index (χ0v) is 20.4. The lowest BCUT2D eigenvalue weighted by molar-refractivity contribution is 0.0679. The predicted molar refractivity (Wildman–Crippen MR) is 131 cm³/mol. The van der Waals surface area contributed by atoms with Gasteiger partial charge in [-0.25, -0.2) is 8.78 Å². The molecule has 0 saturated carbocycles. The van der Waals surface area contributed by atoms with E-state index in [0.717, 1.165) is 41.4 Å². The fraction of sp³-hybridized carbons (Fsp3) is 0.538. The molecule has 2 aliphatic heterocycles. The number of aromatic nitrogens is 1. The lowest BCUT2D eigenvalue weighted by atomic mass is 9.90. The standard InChI is InChI=1S/C26H33F2N3OS/c1-17-14-20-19-6-4-5-7-21(19)29-24(20)25(31(17)16-26(2,3)28)22-8-9-23(33-22)32-18-10-12-30(15-18)13-11-27/h4-9,17-18,25,29H,10-16H2,1-3H3/t17-,18-,25-/m1/s1. The van der Waals surface area contributed by atoms with Gasteiger partial charge in [0.05, 0.1) is 6.04 Å². The van der Waals surface area contributed by atoms with Gasteiger partial charge in [0.1, 0.15) is 18.4 Å². The summed E-state index contributed by atoms with van der Waals surface area (Å²) < 4.78 is 33.8. The largest absolute Gasteiger partial charge is 0.479 e. The molecule has 1 N–H and O–H groups in total. The summed E-state index contributed by atoms with van der Waals surface area (Å²) in [6, 6.07) is 12.8. The monoisotopic (exact) mass is 473 g/mol. The van der Waals surface area contributed by atoms with Gasteiger partial charge in [-0.2, -0.15) is 0 Å². The maximum Gasteiger partial charge on any atom is 0.174 e. The average Bonchev–Trinajstić information content (AvgIpc) is 3.48. The molecule has 2 aliphatic rings. The zero-order chi connectivity index (χ0) is 23.2. The summed E-state index contributed by atoms with van der Waals surface area (Å²) in [6.07, 6.45) is 1.91. The van der Waals surface area contributed by atoms with E-state index in [1.165, 1.54) is 16.6 Å². The Morgan fingerprint density at radius 3 is 2.82 bits per heavy atom. The van der Waals surface area contributed by atoms with E-state index in [2.05, 4.69) is 52.0 Å². The van der Waals surface area contributed by atoms with Gasteiger partial charge in [0.15, 0.2) is 5.06 Å². The van der Waals surface area contributed by atoms with E-state index in [1.54, 1.807) is 25.2 Å². The van der Waals surface area contributed by atoms with Crippen LogP contribution in [-0.2, 0) is 6.42 Å². The minimum atomic E-state index is -1.30. The highest BCUT2D eigenvalue weighted by atomic mass is 32.1. The van der Waals surface area contributed by atoms with E-state index in [0.29, 0.717) is 13.1 Å². The highest BCUT2D eigenvalue weighted by Crippen LogP contribution is 2.44. The number of H-pyrrole nitrogens is 1. The second kappa shape index (κ2) is 9.01. The highest BCUT2D eigenvalue weighted by molar-refractivity contribution is 7.13. The van der Waals surface area contributed by atoms with Crippen LogP contribution < -0.4 is 4.74 Å². The van der Waals surface area contributed by atoms with E-state index in [1.807, 2.05) is 6.07 Å². The minimum Gasteiger partial charge on any atom is -0.479 e. The lowest BCUT2D eigenvalue weighted by Gasteiger charge is -2.42. The van der Waals surface area contributed by atoms with Crippen molar-refractivity contribution in [3.8, 4) is 5.06 Å². The molecule has 1 saturated heterocycles. The number of hydrogen-bond acceptors (Lipinski definition) is 4. The van der Waals surface area contributed by atoms with Crippen LogP contribution in [0.4, 0.5) is 8.78 Å². The number of benzene rings is 1.